The highest BCUT2D eigenvalue weighted by atomic mass is 16.2. The molecule has 2 aromatic carbocycles. The van der Waals surface area contributed by atoms with Crippen molar-refractivity contribution in [1.82, 2.24) is 0 Å². The molecule has 4 heteroatoms. The molecule has 2 aliphatic rings. The van der Waals surface area contributed by atoms with Crippen molar-refractivity contribution in [2.24, 2.45) is 0 Å². The number of amides is 1. The molecule has 4 nitrogen and oxygen atoms in total. The molecule has 120 valence electrons. The second-order valence-electron chi connectivity index (χ2n) is 6.41. The first-order valence-corrected chi connectivity index (χ1v) is 8.47. The average molecular weight is 317 g/mol. The first-order valence-electron chi connectivity index (χ1n) is 8.47. The van der Waals surface area contributed by atoms with E-state index in [9.17, 15) is 10.1 Å². The third-order valence-electron chi connectivity index (χ3n) is 4.94. The lowest BCUT2D eigenvalue weighted by Gasteiger charge is -2.29. The van der Waals surface area contributed by atoms with Crippen molar-refractivity contribution in [2.45, 2.75) is 25.8 Å². The van der Waals surface area contributed by atoms with Gasteiger partial charge in [-0.3, -0.25) is 4.79 Å². The average Bonchev–Trinajstić information content (AvgIpc) is 2.99. The van der Waals surface area contributed by atoms with Gasteiger partial charge in [0, 0.05) is 24.5 Å². The standard InChI is InChI=1S/C20H19N3O/c21-13-15-5-4-6-16-14-23(20(24)19(15)16)18-9-7-17(8-10-18)22-11-2-1-3-12-22/h4-10H,1-3,11-12,14H2. The van der Waals surface area contributed by atoms with E-state index in [1.165, 1.54) is 24.9 Å². The second kappa shape index (κ2) is 6.01. The Hall–Kier alpha value is -2.80. The van der Waals surface area contributed by atoms with Gasteiger partial charge < -0.3 is 9.80 Å². The summed E-state index contributed by atoms with van der Waals surface area (Å²) in [7, 11) is 0. The lowest BCUT2D eigenvalue weighted by atomic mass is 10.0. The van der Waals surface area contributed by atoms with Crippen molar-refractivity contribution in [3.8, 4) is 6.07 Å². The van der Waals surface area contributed by atoms with Crippen LogP contribution in [0.3, 0.4) is 0 Å². The minimum absolute atomic E-state index is 0.0760. The number of benzene rings is 2. The highest BCUT2D eigenvalue weighted by Crippen LogP contribution is 2.31. The van der Waals surface area contributed by atoms with Gasteiger partial charge >= 0.3 is 0 Å². The molecule has 4 rings (SSSR count). The van der Waals surface area contributed by atoms with Crippen LogP contribution in [0.15, 0.2) is 42.5 Å². The van der Waals surface area contributed by atoms with Gasteiger partial charge in [0.25, 0.3) is 5.91 Å². The summed E-state index contributed by atoms with van der Waals surface area (Å²) in [6.07, 6.45) is 3.81. The number of fused-ring (bicyclic) bond motifs is 1. The third-order valence-corrected chi connectivity index (χ3v) is 4.94. The SMILES string of the molecule is N#Cc1cccc2c1C(=O)N(c1ccc(N3CCCCC3)cc1)C2. The van der Waals surface area contributed by atoms with Gasteiger partial charge in [-0.2, -0.15) is 5.26 Å². The molecular formula is C20H19N3O. The number of carbonyl (C=O) groups is 1. The number of hydrogen-bond donors (Lipinski definition) is 0. The van der Waals surface area contributed by atoms with E-state index in [1.807, 2.05) is 24.3 Å². The Morgan fingerprint density at radius 3 is 2.33 bits per heavy atom. The van der Waals surface area contributed by atoms with Crippen LogP contribution in [-0.2, 0) is 6.54 Å². The molecule has 0 atom stereocenters. The molecular weight excluding hydrogens is 298 g/mol. The van der Waals surface area contributed by atoms with Crippen molar-refractivity contribution in [3.63, 3.8) is 0 Å². The summed E-state index contributed by atoms with van der Waals surface area (Å²) in [5, 5.41) is 9.23. The summed E-state index contributed by atoms with van der Waals surface area (Å²) in [5.74, 6) is -0.0760. The van der Waals surface area contributed by atoms with Gasteiger partial charge in [-0.25, -0.2) is 0 Å². The number of rotatable bonds is 2. The molecule has 0 spiro atoms. The van der Waals surface area contributed by atoms with Crippen molar-refractivity contribution >= 4 is 17.3 Å². The molecule has 0 aliphatic carbocycles. The molecule has 1 amide bonds. The second-order valence-corrected chi connectivity index (χ2v) is 6.41. The topological polar surface area (TPSA) is 47.3 Å². The monoisotopic (exact) mass is 317 g/mol. The van der Waals surface area contributed by atoms with E-state index in [0.717, 1.165) is 24.3 Å². The maximum Gasteiger partial charge on any atom is 0.260 e. The molecule has 2 aliphatic heterocycles. The Balaban J connectivity index is 1.59. The fraction of sp³-hybridized carbons (Fsp3) is 0.300. The van der Waals surface area contributed by atoms with Gasteiger partial charge in [-0.15, -0.1) is 0 Å². The van der Waals surface area contributed by atoms with Crippen LogP contribution in [0.25, 0.3) is 0 Å². The third kappa shape index (κ3) is 2.43. The van der Waals surface area contributed by atoms with E-state index in [-0.39, 0.29) is 5.91 Å². The fourth-order valence-electron chi connectivity index (χ4n) is 3.66. The molecule has 0 N–H and O–H groups in total. The van der Waals surface area contributed by atoms with Crippen LogP contribution in [0.1, 0.15) is 40.7 Å². The van der Waals surface area contributed by atoms with Crippen LogP contribution < -0.4 is 9.80 Å². The van der Waals surface area contributed by atoms with Gasteiger partial charge in [-0.05, 0) is 55.2 Å². The number of carbonyl (C=O) groups excluding carboxylic acids is 1. The molecule has 2 aromatic rings. The lowest BCUT2D eigenvalue weighted by Crippen LogP contribution is -2.29. The Kier molecular flexibility index (Phi) is 3.70. The first kappa shape index (κ1) is 14.8. The quantitative estimate of drug-likeness (QED) is 0.848. The van der Waals surface area contributed by atoms with E-state index < -0.39 is 0 Å². The normalized spacial score (nSPS) is 16.9. The Labute approximate surface area is 141 Å². The van der Waals surface area contributed by atoms with Crippen LogP contribution in [0, 0.1) is 11.3 Å². The highest BCUT2D eigenvalue weighted by Gasteiger charge is 2.30. The van der Waals surface area contributed by atoms with E-state index >= 15 is 0 Å². The van der Waals surface area contributed by atoms with Crippen LogP contribution >= 0.6 is 0 Å². The number of hydrogen-bond acceptors (Lipinski definition) is 3. The van der Waals surface area contributed by atoms with Gasteiger partial charge in [0.05, 0.1) is 23.7 Å². The Morgan fingerprint density at radius 1 is 0.917 bits per heavy atom. The summed E-state index contributed by atoms with van der Waals surface area (Å²) in [6.45, 7) is 2.75. The number of anilines is 2. The lowest BCUT2D eigenvalue weighted by molar-refractivity contribution is 0.0996. The van der Waals surface area contributed by atoms with Crippen LogP contribution in [0.4, 0.5) is 11.4 Å². The van der Waals surface area contributed by atoms with E-state index in [4.69, 9.17) is 0 Å². The molecule has 1 fully saturated rings. The summed E-state index contributed by atoms with van der Waals surface area (Å²) in [6, 6.07) is 15.8. The fourth-order valence-corrected chi connectivity index (χ4v) is 3.66. The molecule has 0 saturated carbocycles. The largest absolute Gasteiger partial charge is 0.372 e. The van der Waals surface area contributed by atoms with Gasteiger partial charge in [0.1, 0.15) is 0 Å². The predicted octanol–water partition coefficient (Wildman–Crippen LogP) is 3.71. The summed E-state index contributed by atoms with van der Waals surface area (Å²) >= 11 is 0. The molecule has 2 heterocycles. The number of piperidine rings is 1. The first-order chi connectivity index (χ1) is 11.8. The van der Waals surface area contributed by atoms with E-state index in [0.29, 0.717) is 17.7 Å². The molecule has 24 heavy (non-hydrogen) atoms. The van der Waals surface area contributed by atoms with Crippen LogP contribution in [0.2, 0.25) is 0 Å². The minimum Gasteiger partial charge on any atom is -0.372 e. The van der Waals surface area contributed by atoms with Crippen molar-refractivity contribution in [3.05, 3.63) is 59.2 Å². The molecule has 0 unspecified atom stereocenters. The van der Waals surface area contributed by atoms with Crippen molar-refractivity contribution < 1.29 is 4.79 Å². The van der Waals surface area contributed by atoms with E-state index in [2.05, 4.69) is 23.1 Å². The van der Waals surface area contributed by atoms with Gasteiger partial charge in [-0.1, -0.05) is 12.1 Å². The Morgan fingerprint density at radius 2 is 1.62 bits per heavy atom. The van der Waals surface area contributed by atoms with Crippen molar-refractivity contribution in [1.29, 1.82) is 5.26 Å². The summed E-state index contributed by atoms with van der Waals surface area (Å²) < 4.78 is 0. The summed E-state index contributed by atoms with van der Waals surface area (Å²) in [5.41, 5.74) is 4.06. The molecule has 0 bridgehead atoms. The highest BCUT2D eigenvalue weighted by molar-refractivity contribution is 6.11. The number of nitrogens with zero attached hydrogens (tertiary/aromatic N) is 3. The van der Waals surface area contributed by atoms with Gasteiger partial charge in [0.2, 0.25) is 0 Å². The molecule has 1 saturated heterocycles. The number of nitriles is 1. The smallest absolute Gasteiger partial charge is 0.260 e. The van der Waals surface area contributed by atoms with Crippen LogP contribution in [-0.4, -0.2) is 19.0 Å². The minimum atomic E-state index is -0.0760. The maximum absolute atomic E-state index is 12.7. The zero-order valence-corrected chi connectivity index (χ0v) is 13.5. The Bertz CT molecular complexity index is 814. The summed E-state index contributed by atoms with van der Waals surface area (Å²) in [4.78, 5) is 16.9. The molecule has 0 aromatic heterocycles. The van der Waals surface area contributed by atoms with Crippen molar-refractivity contribution in [2.75, 3.05) is 22.9 Å². The zero-order chi connectivity index (χ0) is 16.5. The van der Waals surface area contributed by atoms with Crippen LogP contribution in [0.5, 0.6) is 0 Å². The van der Waals surface area contributed by atoms with E-state index in [1.54, 1.807) is 11.0 Å². The maximum atomic E-state index is 12.7. The zero-order valence-electron chi connectivity index (χ0n) is 13.5. The van der Waals surface area contributed by atoms with Gasteiger partial charge in [0.15, 0.2) is 0 Å². The predicted molar refractivity (Wildman–Crippen MR) is 94.2 cm³/mol. The molecule has 0 radical (unpaired) electrons.